The molecule has 0 saturated heterocycles. The van der Waals surface area contributed by atoms with Crippen LogP contribution in [0, 0.1) is 12.7 Å². The molecule has 0 heterocycles. The lowest BCUT2D eigenvalue weighted by molar-refractivity contribution is -0.141. The van der Waals surface area contributed by atoms with Gasteiger partial charge in [-0.1, -0.05) is 17.7 Å². The van der Waals surface area contributed by atoms with Crippen LogP contribution in [0.15, 0.2) is 53.4 Å². The molecule has 5 nitrogen and oxygen atoms in total. The molecule has 0 aliphatic rings. The second kappa shape index (κ2) is 7.44. The van der Waals surface area contributed by atoms with Crippen LogP contribution in [0.3, 0.4) is 0 Å². The van der Waals surface area contributed by atoms with E-state index in [-0.39, 0.29) is 11.5 Å². The maximum atomic E-state index is 13.1. The summed E-state index contributed by atoms with van der Waals surface area (Å²) in [6.07, 6.45) is 0. The van der Waals surface area contributed by atoms with Crippen LogP contribution in [0.25, 0.3) is 0 Å². The second-order valence-corrected chi connectivity index (χ2v) is 6.97. The van der Waals surface area contributed by atoms with Crippen molar-refractivity contribution in [2.75, 3.05) is 17.5 Å². The third-order valence-electron chi connectivity index (χ3n) is 3.30. The summed E-state index contributed by atoms with van der Waals surface area (Å²) in [5, 5.41) is 0. The van der Waals surface area contributed by atoms with Crippen LogP contribution in [0.2, 0.25) is 0 Å². The Labute approximate surface area is 140 Å². The Morgan fingerprint density at radius 1 is 1.08 bits per heavy atom. The summed E-state index contributed by atoms with van der Waals surface area (Å²) in [5.41, 5.74) is 1.28. The molecule has 0 radical (unpaired) electrons. The smallest absolute Gasteiger partial charge is 0.326 e. The molecule has 0 aliphatic carbocycles. The minimum Gasteiger partial charge on any atom is -0.465 e. The molecule has 7 heteroatoms. The van der Waals surface area contributed by atoms with Gasteiger partial charge >= 0.3 is 5.97 Å². The molecule has 0 aliphatic heterocycles. The number of hydrogen-bond donors (Lipinski definition) is 0. The summed E-state index contributed by atoms with van der Waals surface area (Å²) in [5.74, 6) is -1.20. The Hall–Kier alpha value is -2.41. The largest absolute Gasteiger partial charge is 0.465 e. The standard InChI is InChI=1S/C17H18FNO4S/c1-3-23-17(20)12-19(15-8-4-13(2)5-9-15)24(21,22)16-10-6-14(18)7-11-16/h4-11H,3,12H2,1-2H3. The van der Waals surface area contributed by atoms with E-state index < -0.39 is 28.4 Å². The fourth-order valence-corrected chi connectivity index (χ4v) is 3.49. The molecule has 0 bridgehead atoms. The van der Waals surface area contributed by atoms with Gasteiger partial charge in [-0.3, -0.25) is 9.10 Å². The first kappa shape index (κ1) is 17.9. The highest BCUT2D eigenvalue weighted by Gasteiger charge is 2.27. The maximum absolute atomic E-state index is 13.1. The van der Waals surface area contributed by atoms with Gasteiger partial charge < -0.3 is 4.74 Å². The zero-order chi connectivity index (χ0) is 17.7. The lowest BCUT2D eigenvalue weighted by atomic mass is 10.2. The molecule has 0 fully saturated rings. The number of nitrogens with zero attached hydrogens (tertiary/aromatic N) is 1. The molecule has 24 heavy (non-hydrogen) atoms. The van der Waals surface area contributed by atoms with Crippen molar-refractivity contribution in [2.45, 2.75) is 18.7 Å². The normalized spacial score (nSPS) is 11.1. The van der Waals surface area contributed by atoms with Crippen molar-refractivity contribution < 1.29 is 22.3 Å². The van der Waals surface area contributed by atoms with E-state index >= 15 is 0 Å². The van der Waals surface area contributed by atoms with Crippen LogP contribution in [0.5, 0.6) is 0 Å². The summed E-state index contributed by atoms with van der Waals surface area (Å²) in [7, 11) is -4.03. The van der Waals surface area contributed by atoms with E-state index in [1.54, 1.807) is 31.2 Å². The number of aryl methyl sites for hydroxylation is 1. The van der Waals surface area contributed by atoms with Crippen molar-refractivity contribution in [3.8, 4) is 0 Å². The van der Waals surface area contributed by atoms with Crippen molar-refractivity contribution in [3.05, 3.63) is 59.9 Å². The average molecular weight is 351 g/mol. The Morgan fingerprint density at radius 2 is 1.67 bits per heavy atom. The predicted octanol–water partition coefficient (Wildman–Crippen LogP) is 2.89. The number of halogens is 1. The van der Waals surface area contributed by atoms with Gasteiger partial charge in [0.25, 0.3) is 10.0 Å². The Balaban J connectivity index is 2.45. The third-order valence-corrected chi connectivity index (χ3v) is 5.09. The molecule has 0 saturated carbocycles. The van der Waals surface area contributed by atoms with E-state index in [2.05, 4.69) is 0 Å². The molecule has 0 amide bonds. The summed E-state index contributed by atoms with van der Waals surface area (Å²) >= 11 is 0. The number of sulfonamides is 1. The summed E-state index contributed by atoms with van der Waals surface area (Å²) in [6.45, 7) is 3.20. The van der Waals surface area contributed by atoms with Gasteiger partial charge in [-0.2, -0.15) is 0 Å². The van der Waals surface area contributed by atoms with Crippen LogP contribution in [0.4, 0.5) is 10.1 Å². The number of carbonyl (C=O) groups excluding carboxylic acids is 1. The van der Waals surface area contributed by atoms with E-state index in [9.17, 15) is 17.6 Å². The van der Waals surface area contributed by atoms with Crippen molar-refractivity contribution in [1.29, 1.82) is 0 Å². The minimum absolute atomic E-state index is 0.103. The molecule has 0 N–H and O–H groups in total. The van der Waals surface area contributed by atoms with Crippen LogP contribution in [-0.4, -0.2) is 27.5 Å². The van der Waals surface area contributed by atoms with Gasteiger partial charge in [0.15, 0.2) is 0 Å². The van der Waals surface area contributed by atoms with Crippen LogP contribution >= 0.6 is 0 Å². The summed E-state index contributed by atoms with van der Waals surface area (Å²) in [6, 6.07) is 11.1. The van der Waals surface area contributed by atoms with Crippen molar-refractivity contribution in [3.63, 3.8) is 0 Å². The van der Waals surface area contributed by atoms with Gasteiger partial charge in [-0.15, -0.1) is 0 Å². The molecule has 0 aromatic heterocycles. The minimum atomic E-state index is -4.03. The van der Waals surface area contributed by atoms with Crippen molar-refractivity contribution in [2.24, 2.45) is 0 Å². The molecular formula is C17H18FNO4S. The van der Waals surface area contributed by atoms with Crippen LogP contribution in [0.1, 0.15) is 12.5 Å². The first-order valence-corrected chi connectivity index (χ1v) is 8.79. The van der Waals surface area contributed by atoms with Gasteiger partial charge in [0.05, 0.1) is 17.2 Å². The first-order valence-electron chi connectivity index (χ1n) is 7.35. The lowest BCUT2D eigenvalue weighted by Gasteiger charge is -2.23. The van der Waals surface area contributed by atoms with E-state index in [1.165, 1.54) is 0 Å². The van der Waals surface area contributed by atoms with Crippen molar-refractivity contribution in [1.82, 2.24) is 0 Å². The number of hydrogen-bond acceptors (Lipinski definition) is 4. The van der Waals surface area contributed by atoms with E-state index in [0.717, 1.165) is 34.1 Å². The van der Waals surface area contributed by atoms with E-state index in [4.69, 9.17) is 4.74 Å². The lowest BCUT2D eigenvalue weighted by Crippen LogP contribution is -2.36. The highest BCUT2D eigenvalue weighted by Crippen LogP contribution is 2.24. The quantitative estimate of drug-likeness (QED) is 0.751. The SMILES string of the molecule is CCOC(=O)CN(c1ccc(C)cc1)S(=O)(=O)c1ccc(F)cc1. The van der Waals surface area contributed by atoms with Gasteiger partial charge in [-0.25, -0.2) is 12.8 Å². The zero-order valence-corrected chi connectivity index (χ0v) is 14.2. The molecule has 0 spiro atoms. The molecule has 2 aromatic carbocycles. The van der Waals surface area contributed by atoms with Crippen LogP contribution < -0.4 is 4.31 Å². The second-order valence-electron chi connectivity index (χ2n) is 5.11. The Morgan fingerprint density at radius 3 is 2.21 bits per heavy atom. The van der Waals surface area contributed by atoms with E-state index in [1.807, 2.05) is 6.92 Å². The van der Waals surface area contributed by atoms with Gasteiger partial charge in [0.1, 0.15) is 12.4 Å². The van der Waals surface area contributed by atoms with Gasteiger partial charge in [0.2, 0.25) is 0 Å². The topological polar surface area (TPSA) is 63.7 Å². The van der Waals surface area contributed by atoms with E-state index in [0.29, 0.717) is 5.69 Å². The fourth-order valence-electron chi connectivity index (χ4n) is 2.08. The summed E-state index contributed by atoms with van der Waals surface area (Å²) < 4.78 is 44.6. The number of esters is 1. The average Bonchev–Trinajstić information content (AvgIpc) is 2.54. The molecular weight excluding hydrogens is 333 g/mol. The Kier molecular flexibility index (Phi) is 5.56. The number of carbonyl (C=O) groups is 1. The number of rotatable bonds is 6. The zero-order valence-electron chi connectivity index (χ0n) is 13.4. The number of anilines is 1. The van der Waals surface area contributed by atoms with Crippen LogP contribution in [-0.2, 0) is 19.6 Å². The fraction of sp³-hybridized carbons (Fsp3) is 0.235. The molecule has 2 aromatic rings. The Bertz CT molecular complexity index is 801. The molecule has 2 rings (SSSR count). The number of ether oxygens (including phenoxy) is 1. The van der Waals surface area contributed by atoms with Gasteiger partial charge in [-0.05, 0) is 50.2 Å². The van der Waals surface area contributed by atoms with Gasteiger partial charge in [0, 0.05) is 0 Å². The maximum Gasteiger partial charge on any atom is 0.326 e. The molecule has 128 valence electrons. The molecule has 0 unspecified atom stereocenters. The number of benzene rings is 2. The summed E-state index contributed by atoms with van der Waals surface area (Å²) in [4.78, 5) is 11.7. The third kappa shape index (κ3) is 4.11. The van der Waals surface area contributed by atoms with Crippen molar-refractivity contribution >= 4 is 21.7 Å². The first-order chi connectivity index (χ1) is 11.3. The highest BCUT2D eigenvalue weighted by molar-refractivity contribution is 7.92. The highest BCUT2D eigenvalue weighted by atomic mass is 32.2. The molecule has 0 atom stereocenters. The predicted molar refractivity (Wildman–Crippen MR) is 88.7 cm³/mol. The monoisotopic (exact) mass is 351 g/mol.